The van der Waals surface area contributed by atoms with Crippen LogP contribution >= 0.6 is 15.6 Å². The number of phosphoric ester groups is 2. The minimum absolute atomic E-state index is 0.106. The molecule has 0 aromatic carbocycles. The number of carbonyl (C=O) groups is 4. The first kappa shape index (κ1) is 85.1. The highest BCUT2D eigenvalue weighted by Crippen LogP contribution is 2.45. The van der Waals surface area contributed by atoms with E-state index in [1.807, 2.05) is 0 Å². The molecular formula is C68H132O17P2. The Balaban J connectivity index is 5.21. The molecule has 0 amide bonds. The zero-order chi connectivity index (χ0) is 64.2. The van der Waals surface area contributed by atoms with Crippen molar-refractivity contribution in [3.63, 3.8) is 0 Å². The van der Waals surface area contributed by atoms with Crippen molar-refractivity contribution in [3.8, 4) is 0 Å². The predicted molar refractivity (Wildman–Crippen MR) is 349 cm³/mol. The minimum atomic E-state index is -4.95. The fourth-order valence-electron chi connectivity index (χ4n) is 10.3. The lowest BCUT2D eigenvalue weighted by Crippen LogP contribution is -2.30. The average molecular weight is 1280 g/mol. The Hall–Kier alpha value is -1.94. The van der Waals surface area contributed by atoms with Gasteiger partial charge in [-0.3, -0.25) is 37.3 Å². The maximum Gasteiger partial charge on any atom is 0.472 e. The van der Waals surface area contributed by atoms with Crippen molar-refractivity contribution in [2.75, 3.05) is 39.6 Å². The molecule has 0 bridgehead atoms. The van der Waals surface area contributed by atoms with Crippen LogP contribution in [0.2, 0.25) is 0 Å². The summed E-state index contributed by atoms with van der Waals surface area (Å²) >= 11 is 0. The van der Waals surface area contributed by atoms with Crippen molar-refractivity contribution in [3.05, 3.63) is 0 Å². The van der Waals surface area contributed by atoms with Crippen LogP contribution in [-0.2, 0) is 65.4 Å². The molecule has 0 rings (SSSR count). The Bertz CT molecular complexity index is 1690. The van der Waals surface area contributed by atoms with E-state index in [0.717, 1.165) is 102 Å². The first-order valence-corrected chi connectivity index (χ1v) is 38.7. The highest BCUT2D eigenvalue weighted by atomic mass is 31.2. The third kappa shape index (κ3) is 61.3. The second kappa shape index (κ2) is 61.6. The van der Waals surface area contributed by atoms with E-state index in [2.05, 4.69) is 34.6 Å². The second-order valence-corrected chi connectivity index (χ2v) is 27.7. The van der Waals surface area contributed by atoms with E-state index in [1.165, 1.54) is 167 Å². The summed E-state index contributed by atoms with van der Waals surface area (Å²) in [5, 5.41) is 10.6. The highest BCUT2D eigenvalue weighted by Gasteiger charge is 2.30. The molecule has 17 nitrogen and oxygen atoms in total. The van der Waals surface area contributed by atoms with Crippen LogP contribution in [0, 0.1) is 5.92 Å². The normalized spacial score (nSPS) is 14.4. The number of esters is 4. The molecule has 516 valence electrons. The Morgan fingerprint density at radius 1 is 0.322 bits per heavy atom. The van der Waals surface area contributed by atoms with E-state index in [9.17, 15) is 43.2 Å². The minimum Gasteiger partial charge on any atom is -0.462 e. The SMILES string of the molecule is CCCCCCCCCCCCCCCCCCCC(=O)O[C@H](COC(=O)CCCCCCCCCCC(C)CC)COP(=O)(O)OC[C@@H](O)COP(=O)(O)OC[C@@H](COC(=O)CCCCCCCCCC)OC(=O)CCCCCCCCCCCC. The summed E-state index contributed by atoms with van der Waals surface area (Å²) in [7, 11) is -9.89. The number of phosphoric acid groups is 2. The Kier molecular flexibility index (Phi) is 60.2. The van der Waals surface area contributed by atoms with E-state index >= 15 is 0 Å². The molecule has 0 radical (unpaired) electrons. The van der Waals surface area contributed by atoms with Crippen molar-refractivity contribution in [1.82, 2.24) is 0 Å². The molecule has 0 aromatic heterocycles. The van der Waals surface area contributed by atoms with Crippen LogP contribution in [0.1, 0.15) is 349 Å². The van der Waals surface area contributed by atoms with Gasteiger partial charge < -0.3 is 33.8 Å². The van der Waals surface area contributed by atoms with Crippen LogP contribution in [0.4, 0.5) is 0 Å². The van der Waals surface area contributed by atoms with Gasteiger partial charge in [-0.15, -0.1) is 0 Å². The summed E-state index contributed by atoms with van der Waals surface area (Å²) in [6, 6.07) is 0. The Morgan fingerprint density at radius 3 is 0.816 bits per heavy atom. The molecule has 87 heavy (non-hydrogen) atoms. The van der Waals surface area contributed by atoms with E-state index in [-0.39, 0.29) is 25.7 Å². The molecule has 19 heteroatoms. The molecule has 0 fully saturated rings. The molecule has 0 aliphatic rings. The van der Waals surface area contributed by atoms with Crippen molar-refractivity contribution in [1.29, 1.82) is 0 Å². The summed E-state index contributed by atoms with van der Waals surface area (Å²) in [6.45, 7) is 7.20. The Labute approximate surface area is 530 Å². The average Bonchev–Trinajstić information content (AvgIpc) is 3.71. The zero-order valence-corrected chi connectivity index (χ0v) is 57.9. The van der Waals surface area contributed by atoms with Crippen LogP contribution in [0.15, 0.2) is 0 Å². The highest BCUT2D eigenvalue weighted by molar-refractivity contribution is 7.47. The van der Waals surface area contributed by atoms with Gasteiger partial charge in [-0.05, 0) is 31.6 Å². The topological polar surface area (TPSA) is 237 Å². The molecule has 0 aliphatic carbocycles. The van der Waals surface area contributed by atoms with Crippen molar-refractivity contribution < 1.29 is 80.2 Å². The summed E-state index contributed by atoms with van der Waals surface area (Å²) in [6.07, 6.45) is 47.2. The number of aliphatic hydroxyl groups is 1. The largest absolute Gasteiger partial charge is 0.472 e. The molecular weight excluding hydrogens is 1150 g/mol. The number of hydrogen-bond acceptors (Lipinski definition) is 15. The molecule has 0 heterocycles. The van der Waals surface area contributed by atoms with Gasteiger partial charge in [0.2, 0.25) is 0 Å². The van der Waals surface area contributed by atoms with E-state index in [0.29, 0.717) is 25.7 Å². The fourth-order valence-corrected chi connectivity index (χ4v) is 11.8. The number of hydrogen-bond donors (Lipinski definition) is 3. The van der Waals surface area contributed by atoms with E-state index < -0.39 is 97.5 Å². The third-order valence-electron chi connectivity index (χ3n) is 16.1. The Morgan fingerprint density at radius 2 is 0.552 bits per heavy atom. The summed E-state index contributed by atoms with van der Waals surface area (Å²) < 4.78 is 68.1. The zero-order valence-electron chi connectivity index (χ0n) is 56.2. The third-order valence-corrected chi connectivity index (χ3v) is 18.0. The van der Waals surface area contributed by atoms with Gasteiger partial charge >= 0.3 is 39.5 Å². The number of unbranched alkanes of at least 4 members (excludes halogenated alkanes) is 39. The monoisotopic (exact) mass is 1280 g/mol. The van der Waals surface area contributed by atoms with E-state index in [4.69, 9.17) is 37.0 Å². The lowest BCUT2D eigenvalue weighted by atomic mass is 9.99. The standard InChI is InChI=1S/C68H132O17P2/c1-6-10-13-16-19-22-24-25-26-27-28-29-30-32-39-44-49-54-68(73)85-64(58-79-66(71)52-47-42-37-34-33-35-40-45-50-61(5)9-4)60-83-87(76,77)81-56-62(69)55-80-86(74,75)82-59-63(57-78-65(70)51-46-41-36-21-18-15-12-8-3)84-67(72)53-48-43-38-31-23-20-17-14-11-7-2/h61-64,69H,6-60H2,1-5H3,(H,74,75)(H,76,77)/t61?,62-,63+,64+/m0/s1. The van der Waals surface area contributed by atoms with Gasteiger partial charge in [0.05, 0.1) is 26.4 Å². The van der Waals surface area contributed by atoms with Gasteiger partial charge in [-0.2, -0.15) is 0 Å². The van der Waals surface area contributed by atoms with Crippen LogP contribution in [0.25, 0.3) is 0 Å². The van der Waals surface area contributed by atoms with Gasteiger partial charge in [-0.25, -0.2) is 9.13 Å². The quantitative estimate of drug-likeness (QED) is 0.0222. The van der Waals surface area contributed by atoms with Gasteiger partial charge in [0.25, 0.3) is 0 Å². The van der Waals surface area contributed by atoms with Crippen LogP contribution in [0.3, 0.4) is 0 Å². The van der Waals surface area contributed by atoms with Gasteiger partial charge in [-0.1, -0.05) is 298 Å². The second-order valence-electron chi connectivity index (χ2n) is 24.8. The number of rotatable bonds is 68. The fraction of sp³-hybridized carbons (Fsp3) is 0.941. The van der Waals surface area contributed by atoms with Crippen molar-refractivity contribution in [2.45, 2.75) is 368 Å². The molecule has 0 saturated carbocycles. The molecule has 6 atom stereocenters. The molecule has 3 N–H and O–H groups in total. The van der Waals surface area contributed by atoms with Crippen LogP contribution in [0.5, 0.6) is 0 Å². The predicted octanol–water partition coefficient (Wildman–Crippen LogP) is 19.4. The number of carbonyl (C=O) groups excluding carboxylic acids is 4. The lowest BCUT2D eigenvalue weighted by Gasteiger charge is -2.21. The van der Waals surface area contributed by atoms with Gasteiger partial charge in [0, 0.05) is 25.7 Å². The molecule has 0 spiro atoms. The van der Waals surface area contributed by atoms with Gasteiger partial charge in [0.15, 0.2) is 12.2 Å². The van der Waals surface area contributed by atoms with Crippen LogP contribution in [-0.4, -0.2) is 96.7 Å². The molecule has 0 aliphatic heterocycles. The van der Waals surface area contributed by atoms with E-state index in [1.54, 1.807) is 0 Å². The number of ether oxygens (including phenoxy) is 4. The molecule has 0 aromatic rings. The van der Waals surface area contributed by atoms with Crippen molar-refractivity contribution in [2.24, 2.45) is 5.92 Å². The molecule has 0 saturated heterocycles. The van der Waals surface area contributed by atoms with Crippen LogP contribution < -0.4 is 0 Å². The van der Waals surface area contributed by atoms with Crippen molar-refractivity contribution >= 4 is 39.5 Å². The maximum absolute atomic E-state index is 13.0. The summed E-state index contributed by atoms with van der Waals surface area (Å²) in [5.74, 6) is -1.35. The smallest absolute Gasteiger partial charge is 0.462 e. The maximum atomic E-state index is 13.0. The number of aliphatic hydroxyl groups excluding tert-OH is 1. The summed E-state index contributed by atoms with van der Waals surface area (Å²) in [4.78, 5) is 72.3. The van der Waals surface area contributed by atoms with Gasteiger partial charge in [0.1, 0.15) is 19.3 Å². The lowest BCUT2D eigenvalue weighted by molar-refractivity contribution is -0.161. The molecule has 3 unspecified atom stereocenters. The first-order chi connectivity index (χ1) is 42.1. The summed E-state index contributed by atoms with van der Waals surface area (Å²) in [5.41, 5.74) is 0. The first-order valence-electron chi connectivity index (χ1n) is 35.7.